The molecule has 1 unspecified atom stereocenters. The molecule has 0 bridgehead atoms. The Morgan fingerprint density at radius 1 is 0.837 bits per heavy atom. The SMILES string of the molecule is CC(C(=O)O)c1cccc(Oc2ccccc2)c1.CCC(=O)N(c1ccccc1)C1CCN(CCc2ccccc2)CC1. The molecule has 1 atom stereocenters. The van der Waals surface area contributed by atoms with Crippen molar-refractivity contribution < 1.29 is 19.4 Å². The monoisotopic (exact) mass is 578 g/mol. The highest BCUT2D eigenvalue weighted by Gasteiger charge is 2.28. The minimum Gasteiger partial charge on any atom is -0.481 e. The fraction of sp³-hybridized carbons (Fsp3) is 0.297. The molecule has 1 saturated heterocycles. The molecule has 0 aliphatic carbocycles. The van der Waals surface area contributed by atoms with E-state index in [2.05, 4.69) is 47.4 Å². The fourth-order valence-electron chi connectivity index (χ4n) is 5.26. The molecule has 1 amide bonds. The van der Waals surface area contributed by atoms with Crippen LogP contribution >= 0.6 is 0 Å². The predicted molar refractivity (Wildman–Crippen MR) is 173 cm³/mol. The standard InChI is InChI=1S/C22H28N2O.C15H14O3/c1-2-22(25)24(20-11-7-4-8-12-20)21-14-17-23(18-15-21)16-13-19-9-5-3-6-10-19;1-11(15(16)17)12-6-5-9-14(10-12)18-13-7-3-2-4-8-13/h3-12,21H,2,13-18H2,1H3;2-11H,1H3,(H,16,17). The lowest BCUT2D eigenvalue weighted by atomic mass is 10.0. The number of hydrogen-bond donors (Lipinski definition) is 1. The van der Waals surface area contributed by atoms with Crippen molar-refractivity contribution in [2.45, 2.75) is 51.5 Å². The molecule has 1 aliphatic heterocycles. The van der Waals surface area contributed by atoms with Crippen molar-refractivity contribution in [2.24, 2.45) is 0 Å². The number of ether oxygens (including phenoxy) is 1. The Morgan fingerprint density at radius 2 is 1.42 bits per heavy atom. The Kier molecular flexibility index (Phi) is 11.9. The number of likely N-dealkylation sites (tertiary alicyclic amines) is 1. The first-order chi connectivity index (χ1) is 20.9. The van der Waals surface area contributed by atoms with Crippen molar-refractivity contribution in [3.63, 3.8) is 0 Å². The van der Waals surface area contributed by atoms with Crippen molar-refractivity contribution in [1.29, 1.82) is 0 Å². The number of amides is 1. The van der Waals surface area contributed by atoms with Gasteiger partial charge in [-0.25, -0.2) is 0 Å². The molecule has 5 rings (SSSR count). The number of piperidine rings is 1. The second kappa shape index (κ2) is 16.3. The molecular weight excluding hydrogens is 536 g/mol. The van der Waals surface area contributed by atoms with Gasteiger partial charge >= 0.3 is 5.97 Å². The van der Waals surface area contributed by atoms with Gasteiger partial charge in [0.2, 0.25) is 5.91 Å². The van der Waals surface area contributed by atoms with E-state index in [-0.39, 0.29) is 5.91 Å². The average molecular weight is 579 g/mol. The maximum absolute atomic E-state index is 12.5. The summed E-state index contributed by atoms with van der Waals surface area (Å²) in [6.45, 7) is 6.84. The second-order valence-electron chi connectivity index (χ2n) is 10.8. The van der Waals surface area contributed by atoms with Gasteiger partial charge in [0.05, 0.1) is 5.92 Å². The molecule has 1 aliphatic rings. The second-order valence-corrected chi connectivity index (χ2v) is 10.8. The van der Waals surface area contributed by atoms with E-state index in [9.17, 15) is 9.59 Å². The van der Waals surface area contributed by atoms with E-state index in [1.165, 1.54) is 5.56 Å². The van der Waals surface area contributed by atoms with Gasteiger partial charge in [0, 0.05) is 37.8 Å². The van der Waals surface area contributed by atoms with Crippen LogP contribution in [0.15, 0.2) is 115 Å². The summed E-state index contributed by atoms with van der Waals surface area (Å²) in [6.07, 6.45) is 3.76. The van der Waals surface area contributed by atoms with E-state index in [0.29, 0.717) is 18.2 Å². The number of carboxylic acid groups (broad SMARTS) is 1. The number of carbonyl (C=O) groups is 2. The quantitative estimate of drug-likeness (QED) is 0.208. The Labute approximate surface area is 255 Å². The predicted octanol–water partition coefficient (Wildman–Crippen LogP) is 7.80. The molecule has 0 saturated carbocycles. The van der Waals surface area contributed by atoms with Crippen LogP contribution in [-0.2, 0) is 16.0 Å². The molecule has 1 fully saturated rings. The normalized spacial score (nSPS) is 14.2. The number of para-hydroxylation sites is 2. The molecule has 1 N–H and O–H groups in total. The van der Waals surface area contributed by atoms with Crippen LogP contribution in [0.25, 0.3) is 0 Å². The minimum absolute atomic E-state index is 0.230. The van der Waals surface area contributed by atoms with Gasteiger partial charge in [-0.15, -0.1) is 0 Å². The molecule has 6 heteroatoms. The molecule has 43 heavy (non-hydrogen) atoms. The van der Waals surface area contributed by atoms with Crippen LogP contribution in [0, 0.1) is 0 Å². The maximum atomic E-state index is 12.5. The summed E-state index contributed by atoms with van der Waals surface area (Å²) in [4.78, 5) is 28.0. The zero-order chi connectivity index (χ0) is 30.4. The van der Waals surface area contributed by atoms with Crippen molar-refractivity contribution in [3.8, 4) is 11.5 Å². The Bertz CT molecular complexity index is 1400. The van der Waals surface area contributed by atoms with Crippen LogP contribution < -0.4 is 9.64 Å². The molecule has 224 valence electrons. The van der Waals surface area contributed by atoms with E-state index >= 15 is 0 Å². The van der Waals surface area contributed by atoms with E-state index in [1.807, 2.05) is 66.4 Å². The molecule has 6 nitrogen and oxygen atoms in total. The van der Waals surface area contributed by atoms with Crippen LogP contribution in [0.4, 0.5) is 5.69 Å². The smallest absolute Gasteiger partial charge is 0.310 e. The van der Waals surface area contributed by atoms with E-state index in [4.69, 9.17) is 9.84 Å². The number of rotatable bonds is 10. The number of aliphatic carboxylic acids is 1. The molecular formula is C37H42N2O4. The summed E-state index contributed by atoms with van der Waals surface area (Å²) in [5.74, 6) is 0.231. The molecule has 0 spiro atoms. The fourth-order valence-corrected chi connectivity index (χ4v) is 5.26. The number of carbonyl (C=O) groups excluding carboxylic acids is 1. The number of hydrogen-bond acceptors (Lipinski definition) is 4. The first-order valence-electron chi connectivity index (χ1n) is 15.1. The van der Waals surface area contributed by atoms with Crippen molar-refractivity contribution in [2.75, 3.05) is 24.5 Å². The van der Waals surface area contributed by atoms with E-state index < -0.39 is 11.9 Å². The third kappa shape index (κ3) is 9.55. The number of benzene rings is 4. The van der Waals surface area contributed by atoms with Gasteiger partial charge in [0.15, 0.2) is 0 Å². The van der Waals surface area contributed by atoms with E-state index in [1.54, 1.807) is 25.1 Å². The van der Waals surface area contributed by atoms with Crippen LogP contribution in [0.5, 0.6) is 11.5 Å². The minimum atomic E-state index is -0.841. The summed E-state index contributed by atoms with van der Waals surface area (Å²) in [5.41, 5.74) is 3.17. The summed E-state index contributed by atoms with van der Waals surface area (Å²) in [7, 11) is 0. The lowest BCUT2D eigenvalue weighted by molar-refractivity contribution is -0.138. The van der Waals surface area contributed by atoms with Gasteiger partial charge in [0.25, 0.3) is 0 Å². The first kappa shape index (κ1) is 31.5. The number of nitrogens with zero attached hydrogens (tertiary/aromatic N) is 2. The number of carboxylic acids is 1. The molecule has 1 heterocycles. The molecule has 0 aromatic heterocycles. The molecule has 4 aromatic rings. The van der Waals surface area contributed by atoms with Crippen LogP contribution in [0.1, 0.15) is 50.2 Å². The summed E-state index contributed by atoms with van der Waals surface area (Å²) >= 11 is 0. The lowest BCUT2D eigenvalue weighted by Gasteiger charge is -2.38. The van der Waals surface area contributed by atoms with Gasteiger partial charge in [-0.05, 0) is 73.7 Å². The van der Waals surface area contributed by atoms with Crippen molar-refractivity contribution >= 4 is 17.6 Å². The highest BCUT2D eigenvalue weighted by Crippen LogP contribution is 2.26. The zero-order valence-corrected chi connectivity index (χ0v) is 25.1. The highest BCUT2D eigenvalue weighted by atomic mass is 16.5. The molecule has 0 radical (unpaired) electrons. The maximum Gasteiger partial charge on any atom is 0.310 e. The summed E-state index contributed by atoms with van der Waals surface area (Å²) in [6, 6.07) is 37.7. The van der Waals surface area contributed by atoms with Gasteiger partial charge in [-0.1, -0.05) is 85.8 Å². The van der Waals surface area contributed by atoms with Crippen LogP contribution in [0.3, 0.4) is 0 Å². The largest absolute Gasteiger partial charge is 0.481 e. The zero-order valence-electron chi connectivity index (χ0n) is 25.1. The van der Waals surface area contributed by atoms with Crippen LogP contribution in [0.2, 0.25) is 0 Å². The average Bonchev–Trinajstić information content (AvgIpc) is 3.06. The molecule has 4 aromatic carbocycles. The van der Waals surface area contributed by atoms with Gasteiger partial charge < -0.3 is 19.6 Å². The Balaban J connectivity index is 0.000000208. The first-order valence-corrected chi connectivity index (χ1v) is 15.1. The summed E-state index contributed by atoms with van der Waals surface area (Å²) < 4.78 is 5.66. The lowest BCUT2D eigenvalue weighted by Crippen LogP contribution is -2.47. The summed E-state index contributed by atoms with van der Waals surface area (Å²) in [5, 5.41) is 8.98. The number of anilines is 1. The highest BCUT2D eigenvalue weighted by molar-refractivity contribution is 5.93. The van der Waals surface area contributed by atoms with Crippen molar-refractivity contribution in [1.82, 2.24) is 4.90 Å². The third-order valence-electron chi connectivity index (χ3n) is 7.79. The van der Waals surface area contributed by atoms with Crippen LogP contribution in [-0.4, -0.2) is 47.6 Å². The third-order valence-corrected chi connectivity index (χ3v) is 7.79. The van der Waals surface area contributed by atoms with Gasteiger partial charge in [-0.3, -0.25) is 9.59 Å². The van der Waals surface area contributed by atoms with Gasteiger partial charge in [-0.2, -0.15) is 0 Å². The Morgan fingerprint density at radius 3 is 2.02 bits per heavy atom. The topological polar surface area (TPSA) is 70.1 Å². The van der Waals surface area contributed by atoms with E-state index in [0.717, 1.165) is 55.9 Å². The van der Waals surface area contributed by atoms with Gasteiger partial charge in [0.1, 0.15) is 11.5 Å². The van der Waals surface area contributed by atoms with Crippen molar-refractivity contribution in [3.05, 3.63) is 126 Å². The Hall–Kier alpha value is -4.42.